The van der Waals surface area contributed by atoms with E-state index in [2.05, 4.69) is 39.1 Å². The Kier molecular flexibility index (Phi) is 4.93. The number of hydrogen-bond acceptors (Lipinski definition) is 6. The zero-order chi connectivity index (χ0) is 21.4. The van der Waals surface area contributed by atoms with Crippen LogP contribution in [0.5, 0.6) is 0 Å². The highest BCUT2D eigenvalue weighted by Crippen LogP contribution is 2.46. The number of anilines is 1. The largest absolute Gasteiger partial charge is 0.397 e. The lowest BCUT2D eigenvalue weighted by atomic mass is 9.96. The molecule has 0 amide bonds. The van der Waals surface area contributed by atoms with E-state index in [4.69, 9.17) is 18.0 Å². The summed E-state index contributed by atoms with van der Waals surface area (Å²) in [6, 6.07) is 20.2. The molecule has 0 radical (unpaired) electrons. The van der Waals surface area contributed by atoms with Crippen molar-refractivity contribution in [3.8, 4) is 33.1 Å². The lowest BCUT2D eigenvalue weighted by Gasteiger charge is -2.11. The van der Waals surface area contributed by atoms with Crippen LogP contribution >= 0.6 is 23.6 Å². The fourth-order valence-corrected chi connectivity index (χ4v) is 4.90. The van der Waals surface area contributed by atoms with Crippen molar-refractivity contribution in [2.45, 2.75) is 6.54 Å². The number of hydrogen-bond donors (Lipinski definition) is 2. The van der Waals surface area contributed by atoms with Gasteiger partial charge in [-0.05, 0) is 17.8 Å². The number of H-pyrrole nitrogens is 1. The molecule has 5 aromatic rings. The minimum Gasteiger partial charge on any atom is -0.397 e. The summed E-state index contributed by atoms with van der Waals surface area (Å²) in [6.45, 7) is 4.35. The van der Waals surface area contributed by atoms with E-state index in [0.29, 0.717) is 22.8 Å². The molecule has 6 nitrogen and oxygen atoms in total. The van der Waals surface area contributed by atoms with E-state index in [1.807, 2.05) is 53.1 Å². The third-order valence-electron chi connectivity index (χ3n) is 5.04. The van der Waals surface area contributed by atoms with Gasteiger partial charge in [0.2, 0.25) is 0 Å². The van der Waals surface area contributed by atoms with Crippen LogP contribution in [0.1, 0.15) is 0 Å². The van der Waals surface area contributed by atoms with E-state index in [1.54, 1.807) is 6.08 Å². The van der Waals surface area contributed by atoms with Gasteiger partial charge in [0.15, 0.2) is 10.6 Å². The highest BCUT2D eigenvalue weighted by atomic mass is 32.1. The molecule has 0 unspecified atom stereocenters. The molecule has 152 valence electrons. The van der Waals surface area contributed by atoms with Crippen molar-refractivity contribution in [3.63, 3.8) is 0 Å². The maximum Gasteiger partial charge on any atom is 0.195 e. The zero-order valence-electron chi connectivity index (χ0n) is 16.4. The first-order valence-corrected chi connectivity index (χ1v) is 10.9. The SMILES string of the molecule is C=CCn1c(-c2sc3nnc(-c4ccccc4)c(-c4ccccc4)c3c2N)n[nH]c1=S. The molecule has 5 rings (SSSR count). The molecule has 0 atom stereocenters. The minimum absolute atomic E-state index is 0.520. The first-order chi connectivity index (χ1) is 15.2. The van der Waals surface area contributed by atoms with Crippen LogP contribution in [0.3, 0.4) is 0 Å². The number of aromatic nitrogens is 5. The highest BCUT2D eigenvalue weighted by molar-refractivity contribution is 7.71. The Morgan fingerprint density at radius 3 is 2.39 bits per heavy atom. The Labute approximate surface area is 187 Å². The Balaban J connectivity index is 1.85. The van der Waals surface area contributed by atoms with Crippen molar-refractivity contribution in [1.29, 1.82) is 0 Å². The molecule has 0 saturated heterocycles. The fourth-order valence-electron chi connectivity index (χ4n) is 3.65. The number of nitrogens with two attached hydrogens (primary N) is 1. The van der Waals surface area contributed by atoms with E-state index in [9.17, 15) is 0 Å². The van der Waals surface area contributed by atoms with Crippen LogP contribution in [0.4, 0.5) is 5.69 Å². The van der Waals surface area contributed by atoms with Gasteiger partial charge < -0.3 is 5.73 Å². The monoisotopic (exact) mass is 442 g/mol. The van der Waals surface area contributed by atoms with Crippen LogP contribution in [0.2, 0.25) is 0 Å². The number of benzene rings is 2. The average Bonchev–Trinajstić information content (AvgIpc) is 3.34. The molecule has 31 heavy (non-hydrogen) atoms. The summed E-state index contributed by atoms with van der Waals surface area (Å²) in [7, 11) is 0. The summed E-state index contributed by atoms with van der Waals surface area (Å²) in [6.07, 6.45) is 1.78. The summed E-state index contributed by atoms with van der Waals surface area (Å²) in [5.74, 6) is 0.672. The topological polar surface area (TPSA) is 85.4 Å². The lowest BCUT2D eigenvalue weighted by Crippen LogP contribution is -1.99. The Bertz CT molecular complexity index is 1450. The number of fused-ring (bicyclic) bond motifs is 1. The van der Waals surface area contributed by atoms with Crippen LogP contribution in [0.25, 0.3) is 43.3 Å². The number of nitrogen functional groups attached to an aromatic ring is 1. The number of rotatable bonds is 5. The van der Waals surface area contributed by atoms with E-state index in [0.717, 1.165) is 37.5 Å². The van der Waals surface area contributed by atoms with Crippen molar-refractivity contribution >= 4 is 39.5 Å². The van der Waals surface area contributed by atoms with Crippen molar-refractivity contribution < 1.29 is 0 Å². The van der Waals surface area contributed by atoms with Gasteiger partial charge in [0.1, 0.15) is 10.5 Å². The quantitative estimate of drug-likeness (QED) is 0.269. The lowest BCUT2D eigenvalue weighted by molar-refractivity contribution is 0.816. The summed E-state index contributed by atoms with van der Waals surface area (Å²) in [5, 5.41) is 17.3. The molecule has 8 heteroatoms. The molecule has 0 aliphatic heterocycles. The van der Waals surface area contributed by atoms with Crippen LogP contribution < -0.4 is 5.73 Å². The van der Waals surface area contributed by atoms with Gasteiger partial charge in [-0.25, -0.2) is 0 Å². The molecular formula is C23H18N6S2. The number of nitrogens with zero attached hydrogens (tertiary/aromatic N) is 4. The van der Waals surface area contributed by atoms with Crippen LogP contribution in [-0.2, 0) is 6.54 Å². The predicted molar refractivity (Wildman–Crippen MR) is 129 cm³/mol. The molecule has 3 N–H and O–H groups in total. The molecule has 0 aliphatic carbocycles. The summed E-state index contributed by atoms with van der Waals surface area (Å²) < 4.78 is 2.39. The van der Waals surface area contributed by atoms with Crippen molar-refractivity contribution in [1.82, 2.24) is 25.0 Å². The third-order valence-corrected chi connectivity index (χ3v) is 6.43. The van der Waals surface area contributed by atoms with Gasteiger partial charge >= 0.3 is 0 Å². The van der Waals surface area contributed by atoms with E-state index in [-0.39, 0.29) is 0 Å². The van der Waals surface area contributed by atoms with Crippen LogP contribution in [0.15, 0.2) is 73.3 Å². The van der Waals surface area contributed by atoms with Gasteiger partial charge in [-0.1, -0.05) is 66.7 Å². The van der Waals surface area contributed by atoms with Crippen LogP contribution in [0, 0.1) is 4.77 Å². The molecule has 3 aromatic heterocycles. The normalized spacial score (nSPS) is 11.1. The predicted octanol–water partition coefficient (Wildman–Crippen LogP) is 5.71. The minimum atomic E-state index is 0.520. The number of nitrogens with one attached hydrogen (secondary N) is 1. The fraction of sp³-hybridized carbons (Fsp3) is 0.0435. The Hall–Kier alpha value is -3.62. The van der Waals surface area contributed by atoms with E-state index in [1.165, 1.54) is 11.3 Å². The standard InChI is InChI=1S/C23H18N6S2/c1-2-13-29-21(26-28-23(29)30)20-18(24)17-16(14-9-5-3-6-10-14)19(25-27-22(17)31-20)15-11-7-4-8-12-15/h2-12H,1,13,24H2,(H,28,30). The van der Waals surface area contributed by atoms with Gasteiger partial charge in [-0.3, -0.25) is 9.67 Å². The maximum absolute atomic E-state index is 6.75. The molecule has 0 bridgehead atoms. The first-order valence-electron chi connectivity index (χ1n) is 9.65. The first kappa shape index (κ1) is 19.3. The molecule has 2 aromatic carbocycles. The van der Waals surface area contributed by atoms with Gasteiger partial charge in [-0.15, -0.1) is 28.1 Å². The maximum atomic E-state index is 6.75. The second-order valence-electron chi connectivity index (χ2n) is 6.93. The van der Waals surface area contributed by atoms with Crippen molar-refractivity contribution in [2.75, 3.05) is 5.73 Å². The number of allylic oxidation sites excluding steroid dienone is 1. The summed E-state index contributed by atoms with van der Waals surface area (Å²) in [5.41, 5.74) is 11.1. The molecule has 0 fully saturated rings. The Morgan fingerprint density at radius 1 is 1.03 bits per heavy atom. The molecule has 0 aliphatic rings. The third kappa shape index (κ3) is 3.26. The van der Waals surface area contributed by atoms with E-state index < -0.39 is 0 Å². The number of aromatic amines is 1. The summed E-state index contributed by atoms with van der Waals surface area (Å²) in [4.78, 5) is 1.56. The van der Waals surface area contributed by atoms with Gasteiger partial charge in [-0.2, -0.15) is 5.10 Å². The van der Waals surface area contributed by atoms with Crippen molar-refractivity contribution in [2.24, 2.45) is 0 Å². The smallest absolute Gasteiger partial charge is 0.195 e. The molecular weight excluding hydrogens is 424 g/mol. The molecule has 3 heterocycles. The molecule has 0 saturated carbocycles. The Morgan fingerprint density at radius 2 is 1.71 bits per heavy atom. The second kappa shape index (κ2) is 7.90. The van der Waals surface area contributed by atoms with Gasteiger partial charge in [0, 0.05) is 23.1 Å². The van der Waals surface area contributed by atoms with Gasteiger partial charge in [0.05, 0.1) is 10.6 Å². The average molecular weight is 443 g/mol. The zero-order valence-corrected chi connectivity index (χ0v) is 18.1. The van der Waals surface area contributed by atoms with Crippen molar-refractivity contribution in [3.05, 3.63) is 78.1 Å². The van der Waals surface area contributed by atoms with Gasteiger partial charge in [0.25, 0.3) is 0 Å². The van der Waals surface area contributed by atoms with Crippen LogP contribution in [-0.4, -0.2) is 25.0 Å². The highest BCUT2D eigenvalue weighted by Gasteiger charge is 2.23. The molecule has 0 spiro atoms. The summed E-state index contributed by atoms with van der Waals surface area (Å²) >= 11 is 6.84. The van der Waals surface area contributed by atoms with E-state index >= 15 is 0 Å². The second-order valence-corrected chi connectivity index (χ2v) is 8.32. The number of thiophene rings is 1.